The Morgan fingerprint density at radius 2 is 2.12 bits per heavy atom. The van der Waals surface area contributed by atoms with Crippen molar-refractivity contribution in [3.63, 3.8) is 0 Å². The topological polar surface area (TPSA) is 55.1 Å². The fourth-order valence-corrected chi connectivity index (χ4v) is 3.14. The number of rotatable bonds is 7. The molecule has 0 radical (unpaired) electrons. The Kier molecular flexibility index (Phi) is 5.48. The molecule has 5 nitrogen and oxygen atoms in total. The van der Waals surface area contributed by atoms with Gasteiger partial charge in [0.1, 0.15) is 18.0 Å². The Morgan fingerprint density at radius 3 is 2.84 bits per heavy atom. The minimum Gasteiger partial charge on any atom is -0.367 e. The zero-order chi connectivity index (χ0) is 17.8. The number of nitrogens with zero attached hydrogens (tertiary/aromatic N) is 4. The van der Waals surface area contributed by atoms with Crippen molar-refractivity contribution >= 4 is 23.2 Å². The lowest BCUT2D eigenvalue weighted by molar-refractivity contribution is 0.589. The molecule has 2 heterocycles. The molecule has 1 N–H and O–H groups in total. The van der Waals surface area contributed by atoms with Gasteiger partial charge in [0.15, 0.2) is 0 Å². The van der Waals surface area contributed by atoms with E-state index in [9.17, 15) is 4.39 Å². The molecule has 7 heteroatoms. The largest absolute Gasteiger partial charge is 0.367 e. The SMILES string of the molecule is CCCCC(CC)Nc1c(-c2c(F)cccc2Cl)cnc2ncnn12. The Balaban J connectivity index is 2.13. The van der Waals surface area contributed by atoms with Crippen molar-refractivity contribution in [1.82, 2.24) is 19.6 Å². The number of halogens is 2. The molecule has 3 rings (SSSR count). The number of aromatic nitrogens is 4. The van der Waals surface area contributed by atoms with E-state index in [0.717, 1.165) is 25.7 Å². The van der Waals surface area contributed by atoms with Crippen LogP contribution in [-0.2, 0) is 0 Å². The predicted molar refractivity (Wildman–Crippen MR) is 98.4 cm³/mol. The number of unbranched alkanes of at least 4 members (excludes halogenated alkanes) is 1. The van der Waals surface area contributed by atoms with Gasteiger partial charge in [0.25, 0.3) is 5.78 Å². The average molecular weight is 362 g/mol. The van der Waals surface area contributed by atoms with Crippen LogP contribution in [-0.4, -0.2) is 25.6 Å². The third-order valence-electron chi connectivity index (χ3n) is 4.28. The molecule has 0 bridgehead atoms. The molecule has 0 saturated heterocycles. The zero-order valence-corrected chi connectivity index (χ0v) is 15.1. The normalized spacial score (nSPS) is 12.5. The summed E-state index contributed by atoms with van der Waals surface area (Å²) in [7, 11) is 0. The highest BCUT2D eigenvalue weighted by atomic mass is 35.5. The number of anilines is 1. The molecule has 0 amide bonds. The molecule has 0 fully saturated rings. The van der Waals surface area contributed by atoms with E-state index in [-0.39, 0.29) is 6.04 Å². The van der Waals surface area contributed by atoms with Crippen LogP contribution in [0.2, 0.25) is 5.02 Å². The van der Waals surface area contributed by atoms with E-state index in [1.807, 2.05) is 0 Å². The fraction of sp³-hybridized carbons (Fsp3) is 0.389. The van der Waals surface area contributed by atoms with Crippen molar-refractivity contribution in [2.75, 3.05) is 5.32 Å². The van der Waals surface area contributed by atoms with E-state index in [4.69, 9.17) is 11.6 Å². The molecule has 1 unspecified atom stereocenters. The molecule has 1 aromatic carbocycles. The van der Waals surface area contributed by atoms with Gasteiger partial charge in [-0.2, -0.15) is 14.6 Å². The lowest BCUT2D eigenvalue weighted by atomic mass is 10.0. The van der Waals surface area contributed by atoms with Gasteiger partial charge in [-0.15, -0.1) is 0 Å². The molecule has 0 saturated carbocycles. The molecular formula is C18H21ClFN5. The number of hydrogen-bond donors (Lipinski definition) is 1. The number of nitrogens with one attached hydrogen (secondary N) is 1. The van der Waals surface area contributed by atoms with Crippen LogP contribution in [0.4, 0.5) is 10.2 Å². The molecule has 0 aliphatic carbocycles. The van der Waals surface area contributed by atoms with Crippen molar-refractivity contribution in [3.05, 3.63) is 41.6 Å². The maximum atomic E-state index is 14.5. The number of hydrogen-bond acceptors (Lipinski definition) is 4. The Bertz CT molecular complexity index is 844. The Morgan fingerprint density at radius 1 is 1.28 bits per heavy atom. The van der Waals surface area contributed by atoms with E-state index < -0.39 is 5.82 Å². The smallest absolute Gasteiger partial charge is 0.254 e. The lowest BCUT2D eigenvalue weighted by Gasteiger charge is -2.21. The first-order valence-corrected chi connectivity index (χ1v) is 8.93. The second kappa shape index (κ2) is 7.78. The second-order valence-corrected chi connectivity index (χ2v) is 6.39. The number of benzene rings is 1. The molecule has 25 heavy (non-hydrogen) atoms. The van der Waals surface area contributed by atoms with Crippen LogP contribution in [0.3, 0.4) is 0 Å². The first-order chi connectivity index (χ1) is 12.2. The first kappa shape index (κ1) is 17.6. The van der Waals surface area contributed by atoms with Crippen molar-refractivity contribution < 1.29 is 4.39 Å². The van der Waals surface area contributed by atoms with Gasteiger partial charge in [0, 0.05) is 23.4 Å². The first-order valence-electron chi connectivity index (χ1n) is 8.55. The summed E-state index contributed by atoms with van der Waals surface area (Å²) in [6.07, 6.45) is 7.25. The fourth-order valence-electron chi connectivity index (χ4n) is 2.88. The molecule has 0 aliphatic heterocycles. The van der Waals surface area contributed by atoms with Gasteiger partial charge in [0.05, 0.1) is 5.02 Å². The van der Waals surface area contributed by atoms with Gasteiger partial charge in [-0.25, -0.2) is 9.37 Å². The highest BCUT2D eigenvalue weighted by Gasteiger charge is 2.20. The minimum absolute atomic E-state index is 0.249. The van der Waals surface area contributed by atoms with Gasteiger partial charge in [-0.05, 0) is 25.0 Å². The zero-order valence-electron chi connectivity index (χ0n) is 14.3. The van der Waals surface area contributed by atoms with E-state index in [1.54, 1.807) is 22.8 Å². The quantitative estimate of drug-likeness (QED) is 0.645. The van der Waals surface area contributed by atoms with Crippen LogP contribution < -0.4 is 5.32 Å². The molecule has 2 aromatic heterocycles. The summed E-state index contributed by atoms with van der Waals surface area (Å²) in [4.78, 5) is 8.41. The lowest BCUT2D eigenvalue weighted by Crippen LogP contribution is -2.21. The molecule has 0 aliphatic rings. The van der Waals surface area contributed by atoms with Crippen LogP contribution >= 0.6 is 11.6 Å². The summed E-state index contributed by atoms with van der Waals surface area (Å²) in [5.74, 6) is 0.736. The van der Waals surface area contributed by atoms with Crippen LogP contribution in [0.15, 0.2) is 30.7 Å². The van der Waals surface area contributed by atoms with Crippen LogP contribution in [0, 0.1) is 5.82 Å². The maximum Gasteiger partial charge on any atom is 0.254 e. The van der Waals surface area contributed by atoms with Crippen LogP contribution in [0.1, 0.15) is 39.5 Å². The van der Waals surface area contributed by atoms with Gasteiger partial charge in [0.2, 0.25) is 0 Å². The van der Waals surface area contributed by atoms with E-state index in [2.05, 4.69) is 34.2 Å². The average Bonchev–Trinajstić information content (AvgIpc) is 3.08. The van der Waals surface area contributed by atoms with E-state index in [1.165, 1.54) is 12.4 Å². The summed E-state index contributed by atoms with van der Waals surface area (Å²) in [6.45, 7) is 4.29. The Hall–Kier alpha value is -2.21. The van der Waals surface area contributed by atoms with E-state index >= 15 is 0 Å². The summed E-state index contributed by atoms with van der Waals surface area (Å²) < 4.78 is 16.1. The van der Waals surface area contributed by atoms with Crippen molar-refractivity contribution in [1.29, 1.82) is 0 Å². The number of fused-ring (bicyclic) bond motifs is 1. The molecule has 0 spiro atoms. The summed E-state index contributed by atoms with van der Waals surface area (Å²) >= 11 is 6.27. The third-order valence-corrected chi connectivity index (χ3v) is 4.59. The standard InChI is InChI=1S/C18H21ClFN5/c1-3-5-7-12(4-2)24-17-13(10-21-18-22-11-23-25(17)18)16-14(19)8-6-9-15(16)20/h6,8-12,24H,3-5,7H2,1-2H3. The Labute approximate surface area is 151 Å². The van der Waals surface area contributed by atoms with Gasteiger partial charge in [-0.1, -0.05) is 44.4 Å². The summed E-state index contributed by atoms with van der Waals surface area (Å²) in [5.41, 5.74) is 0.901. The third kappa shape index (κ3) is 3.58. The summed E-state index contributed by atoms with van der Waals surface area (Å²) in [5, 5.41) is 8.09. The maximum absolute atomic E-state index is 14.5. The predicted octanol–water partition coefficient (Wildman–Crippen LogP) is 4.96. The van der Waals surface area contributed by atoms with E-state index in [0.29, 0.717) is 27.7 Å². The highest BCUT2D eigenvalue weighted by molar-refractivity contribution is 6.33. The van der Waals surface area contributed by atoms with Gasteiger partial charge in [-0.3, -0.25) is 0 Å². The van der Waals surface area contributed by atoms with Gasteiger partial charge < -0.3 is 5.32 Å². The molecule has 1 atom stereocenters. The van der Waals surface area contributed by atoms with Gasteiger partial charge >= 0.3 is 0 Å². The van der Waals surface area contributed by atoms with Crippen molar-refractivity contribution in [2.24, 2.45) is 0 Å². The molecule has 132 valence electrons. The molecular weight excluding hydrogens is 341 g/mol. The minimum atomic E-state index is -0.390. The highest BCUT2D eigenvalue weighted by Crippen LogP contribution is 2.35. The van der Waals surface area contributed by atoms with Crippen molar-refractivity contribution in [3.8, 4) is 11.1 Å². The molecule has 3 aromatic rings. The van der Waals surface area contributed by atoms with Crippen LogP contribution in [0.25, 0.3) is 16.9 Å². The van der Waals surface area contributed by atoms with Crippen LogP contribution in [0.5, 0.6) is 0 Å². The monoisotopic (exact) mass is 361 g/mol. The second-order valence-electron chi connectivity index (χ2n) is 5.98. The van der Waals surface area contributed by atoms with Crippen molar-refractivity contribution in [2.45, 2.75) is 45.6 Å². The summed E-state index contributed by atoms with van der Waals surface area (Å²) in [6, 6.07) is 4.90.